The third kappa shape index (κ3) is 3.05. The summed E-state index contributed by atoms with van der Waals surface area (Å²) in [6, 6.07) is 0. The Labute approximate surface area is 79.7 Å². The van der Waals surface area contributed by atoms with Gasteiger partial charge in [0.15, 0.2) is 0 Å². The average Bonchev–Trinajstić information content (AvgIpc) is 2.41. The maximum absolute atomic E-state index is 5.40. The monoisotopic (exact) mass is 179 g/mol. The third-order valence-electron chi connectivity index (χ3n) is 2.03. The minimum Gasteiger partial charge on any atom is -0.442 e. The number of hydrogen-bond acceptors (Lipinski definition) is 2. The summed E-state index contributed by atoms with van der Waals surface area (Å²) in [7, 11) is 0. The molecule has 2 nitrogen and oxygen atoms in total. The van der Waals surface area contributed by atoms with Crippen molar-refractivity contribution < 1.29 is 4.42 Å². The Morgan fingerprint density at radius 2 is 2.15 bits per heavy atom. The summed E-state index contributed by atoms with van der Waals surface area (Å²) in [5.41, 5.74) is 0.982. The predicted octanol–water partition coefficient (Wildman–Crippen LogP) is 3.49. The van der Waals surface area contributed by atoms with Gasteiger partial charge in [-0.05, 0) is 26.3 Å². The number of nitrogens with zero attached hydrogens (tertiary/aromatic N) is 1. The minimum atomic E-state index is 0.728. The van der Waals surface area contributed by atoms with Crippen molar-refractivity contribution >= 4 is 6.08 Å². The van der Waals surface area contributed by atoms with E-state index in [1.54, 1.807) is 0 Å². The van der Waals surface area contributed by atoms with Crippen LogP contribution in [0.3, 0.4) is 0 Å². The van der Waals surface area contributed by atoms with Crippen molar-refractivity contribution in [3.05, 3.63) is 23.4 Å². The van der Waals surface area contributed by atoms with Crippen LogP contribution in [-0.2, 0) is 0 Å². The second kappa shape index (κ2) is 4.85. The number of oxazole rings is 1. The van der Waals surface area contributed by atoms with Crippen LogP contribution in [0.25, 0.3) is 6.08 Å². The smallest absolute Gasteiger partial charge is 0.218 e. The lowest BCUT2D eigenvalue weighted by molar-refractivity contribution is 0.515. The van der Waals surface area contributed by atoms with Gasteiger partial charge in [0, 0.05) is 0 Å². The molecule has 0 saturated heterocycles. The van der Waals surface area contributed by atoms with Gasteiger partial charge in [-0.3, -0.25) is 0 Å². The highest BCUT2D eigenvalue weighted by atomic mass is 16.4. The van der Waals surface area contributed by atoms with E-state index < -0.39 is 0 Å². The molecule has 0 amide bonds. The molecule has 72 valence electrons. The highest BCUT2D eigenvalue weighted by molar-refractivity contribution is 5.38. The van der Waals surface area contributed by atoms with E-state index in [0.29, 0.717) is 0 Å². The van der Waals surface area contributed by atoms with Crippen LogP contribution in [0.5, 0.6) is 0 Å². The maximum Gasteiger partial charge on any atom is 0.218 e. The van der Waals surface area contributed by atoms with Gasteiger partial charge in [0.2, 0.25) is 5.89 Å². The molecule has 2 heteroatoms. The Hall–Kier alpha value is -1.05. The second-order valence-electron chi connectivity index (χ2n) is 3.24. The zero-order valence-corrected chi connectivity index (χ0v) is 8.63. The first-order valence-electron chi connectivity index (χ1n) is 4.84. The van der Waals surface area contributed by atoms with E-state index in [1.165, 1.54) is 12.8 Å². The lowest BCUT2D eigenvalue weighted by atomic mass is 10.2. The van der Waals surface area contributed by atoms with E-state index in [0.717, 1.165) is 23.8 Å². The second-order valence-corrected chi connectivity index (χ2v) is 3.24. The van der Waals surface area contributed by atoms with Gasteiger partial charge >= 0.3 is 0 Å². The van der Waals surface area contributed by atoms with E-state index in [1.807, 2.05) is 19.9 Å². The van der Waals surface area contributed by atoms with E-state index in [-0.39, 0.29) is 0 Å². The SMILES string of the molecule is CCCCC=Cc1nc(C)c(C)o1. The van der Waals surface area contributed by atoms with E-state index in [4.69, 9.17) is 4.42 Å². The molecule has 0 saturated carbocycles. The summed E-state index contributed by atoms with van der Waals surface area (Å²) in [6.07, 6.45) is 7.64. The molecule has 1 heterocycles. The quantitative estimate of drug-likeness (QED) is 0.661. The summed E-state index contributed by atoms with van der Waals surface area (Å²) in [5.74, 6) is 1.64. The molecule has 0 radical (unpaired) electrons. The Morgan fingerprint density at radius 3 is 2.69 bits per heavy atom. The lowest BCUT2D eigenvalue weighted by Crippen LogP contribution is -1.73. The normalized spacial score (nSPS) is 11.3. The van der Waals surface area contributed by atoms with Crippen LogP contribution >= 0.6 is 0 Å². The molecule has 0 aliphatic rings. The molecular weight excluding hydrogens is 162 g/mol. The topological polar surface area (TPSA) is 26.0 Å². The molecule has 0 aliphatic heterocycles. The van der Waals surface area contributed by atoms with E-state index in [2.05, 4.69) is 18.0 Å². The van der Waals surface area contributed by atoms with Crippen LogP contribution in [0.2, 0.25) is 0 Å². The Bertz CT molecular complexity index is 267. The molecule has 0 bridgehead atoms. The van der Waals surface area contributed by atoms with Gasteiger partial charge in [-0.2, -0.15) is 0 Å². The molecule has 0 aliphatic carbocycles. The maximum atomic E-state index is 5.40. The lowest BCUT2D eigenvalue weighted by Gasteiger charge is -1.86. The van der Waals surface area contributed by atoms with Gasteiger partial charge in [0.05, 0.1) is 5.69 Å². The molecule has 13 heavy (non-hydrogen) atoms. The van der Waals surface area contributed by atoms with Gasteiger partial charge in [-0.25, -0.2) is 4.98 Å². The number of aromatic nitrogens is 1. The van der Waals surface area contributed by atoms with Crippen molar-refractivity contribution in [1.82, 2.24) is 4.98 Å². The zero-order valence-electron chi connectivity index (χ0n) is 8.63. The largest absolute Gasteiger partial charge is 0.442 e. The summed E-state index contributed by atoms with van der Waals surface area (Å²) in [6.45, 7) is 6.08. The minimum absolute atomic E-state index is 0.728. The standard InChI is InChI=1S/C11H17NO/c1-4-5-6-7-8-11-12-9(2)10(3)13-11/h7-8H,4-6H2,1-3H3. The molecule has 1 aromatic rings. The fraction of sp³-hybridized carbons (Fsp3) is 0.545. The van der Waals surface area contributed by atoms with Crippen molar-refractivity contribution in [3.8, 4) is 0 Å². The number of unbranched alkanes of at least 4 members (excludes halogenated alkanes) is 2. The number of aryl methyl sites for hydroxylation is 2. The predicted molar refractivity (Wildman–Crippen MR) is 54.5 cm³/mol. The van der Waals surface area contributed by atoms with Crippen molar-refractivity contribution in [2.45, 2.75) is 40.0 Å². The van der Waals surface area contributed by atoms with Crippen LogP contribution < -0.4 is 0 Å². The zero-order chi connectivity index (χ0) is 9.68. The van der Waals surface area contributed by atoms with E-state index >= 15 is 0 Å². The van der Waals surface area contributed by atoms with Gasteiger partial charge in [0.1, 0.15) is 5.76 Å². The van der Waals surface area contributed by atoms with Gasteiger partial charge < -0.3 is 4.42 Å². The van der Waals surface area contributed by atoms with Crippen molar-refractivity contribution in [2.24, 2.45) is 0 Å². The Morgan fingerprint density at radius 1 is 1.38 bits per heavy atom. The first-order chi connectivity index (χ1) is 6.24. The van der Waals surface area contributed by atoms with E-state index in [9.17, 15) is 0 Å². The molecule has 0 unspecified atom stereocenters. The van der Waals surface area contributed by atoms with Gasteiger partial charge in [0.25, 0.3) is 0 Å². The molecule has 0 aromatic carbocycles. The van der Waals surface area contributed by atoms with Crippen LogP contribution in [-0.4, -0.2) is 4.98 Å². The molecule has 0 spiro atoms. The molecule has 1 rings (SSSR count). The summed E-state index contributed by atoms with van der Waals surface area (Å²) in [4.78, 5) is 4.25. The first kappa shape index (κ1) is 10.0. The number of hydrogen-bond donors (Lipinski definition) is 0. The molecule has 0 atom stereocenters. The molecule has 0 fully saturated rings. The Balaban J connectivity index is 2.49. The van der Waals surface area contributed by atoms with Crippen LogP contribution in [0.4, 0.5) is 0 Å². The highest BCUT2D eigenvalue weighted by Crippen LogP contribution is 2.10. The van der Waals surface area contributed by atoms with Crippen LogP contribution in [0.15, 0.2) is 10.5 Å². The van der Waals surface area contributed by atoms with Crippen molar-refractivity contribution in [2.75, 3.05) is 0 Å². The van der Waals surface area contributed by atoms with Crippen molar-refractivity contribution in [3.63, 3.8) is 0 Å². The summed E-state index contributed by atoms with van der Waals surface area (Å²) >= 11 is 0. The van der Waals surface area contributed by atoms with Crippen LogP contribution in [0, 0.1) is 13.8 Å². The first-order valence-corrected chi connectivity index (χ1v) is 4.84. The Kier molecular flexibility index (Phi) is 3.74. The fourth-order valence-electron chi connectivity index (χ4n) is 1.07. The molecule has 1 aromatic heterocycles. The molecular formula is C11H17NO. The van der Waals surface area contributed by atoms with Crippen molar-refractivity contribution in [1.29, 1.82) is 0 Å². The van der Waals surface area contributed by atoms with Gasteiger partial charge in [-0.1, -0.05) is 25.8 Å². The highest BCUT2D eigenvalue weighted by Gasteiger charge is 2.00. The fourth-order valence-corrected chi connectivity index (χ4v) is 1.07. The number of rotatable bonds is 4. The third-order valence-corrected chi connectivity index (χ3v) is 2.03. The average molecular weight is 179 g/mol. The summed E-state index contributed by atoms with van der Waals surface area (Å²) < 4.78 is 5.40. The van der Waals surface area contributed by atoms with Crippen LogP contribution in [0.1, 0.15) is 43.5 Å². The molecule has 0 N–H and O–H groups in total. The van der Waals surface area contributed by atoms with Gasteiger partial charge in [-0.15, -0.1) is 0 Å². The number of allylic oxidation sites excluding steroid dienone is 1. The summed E-state index contributed by atoms with van der Waals surface area (Å²) in [5, 5.41) is 0.